The molecule has 0 saturated heterocycles. The van der Waals surface area contributed by atoms with Crippen LogP contribution in [0.15, 0.2) is 35.1 Å². The van der Waals surface area contributed by atoms with Gasteiger partial charge < -0.3 is 5.73 Å². The van der Waals surface area contributed by atoms with Gasteiger partial charge in [-0.3, -0.25) is 9.36 Å². The number of pyridine rings is 1. The Labute approximate surface area is 99.9 Å². The molecule has 0 unspecified atom stereocenters. The van der Waals surface area contributed by atoms with E-state index in [1.807, 2.05) is 30.3 Å². The van der Waals surface area contributed by atoms with E-state index >= 15 is 0 Å². The Morgan fingerprint density at radius 3 is 2.76 bits per heavy atom. The van der Waals surface area contributed by atoms with E-state index in [0.29, 0.717) is 5.82 Å². The second-order valence-corrected chi connectivity index (χ2v) is 5.36. The van der Waals surface area contributed by atoms with Crippen molar-refractivity contribution in [1.82, 2.24) is 4.57 Å². The van der Waals surface area contributed by atoms with Crippen LogP contribution >= 0.6 is 0 Å². The Balaban J connectivity index is 2.20. The van der Waals surface area contributed by atoms with Gasteiger partial charge in [-0.1, -0.05) is 25.1 Å². The lowest BCUT2D eigenvalue weighted by Gasteiger charge is -2.15. The second-order valence-electron chi connectivity index (χ2n) is 5.36. The SMILES string of the molecule is CC1(Cn2c(N)cc3ccccc3c2=O)CC1. The zero-order valence-corrected chi connectivity index (χ0v) is 9.94. The molecule has 2 N–H and O–H groups in total. The number of hydrogen-bond donors (Lipinski definition) is 1. The molecule has 0 radical (unpaired) electrons. The summed E-state index contributed by atoms with van der Waals surface area (Å²) >= 11 is 0. The highest BCUT2D eigenvalue weighted by molar-refractivity contribution is 5.83. The van der Waals surface area contributed by atoms with Crippen molar-refractivity contribution in [2.24, 2.45) is 5.41 Å². The minimum atomic E-state index is 0.0359. The summed E-state index contributed by atoms with van der Waals surface area (Å²) in [6.07, 6.45) is 2.37. The minimum Gasteiger partial charge on any atom is -0.385 e. The predicted octanol–water partition coefficient (Wildman–Crippen LogP) is 2.38. The highest BCUT2D eigenvalue weighted by atomic mass is 16.1. The van der Waals surface area contributed by atoms with Gasteiger partial charge in [-0.05, 0) is 35.8 Å². The van der Waals surface area contributed by atoms with E-state index in [9.17, 15) is 4.79 Å². The lowest BCUT2D eigenvalue weighted by atomic mass is 10.1. The van der Waals surface area contributed by atoms with Gasteiger partial charge in [-0.15, -0.1) is 0 Å². The largest absolute Gasteiger partial charge is 0.385 e. The summed E-state index contributed by atoms with van der Waals surface area (Å²) in [5.74, 6) is 0.571. The average Bonchev–Trinajstić information content (AvgIpc) is 3.03. The summed E-state index contributed by atoms with van der Waals surface area (Å²) in [5, 5.41) is 1.68. The van der Waals surface area contributed by atoms with E-state index in [1.54, 1.807) is 4.57 Å². The molecule has 1 saturated carbocycles. The molecule has 0 spiro atoms. The molecule has 3 heteroatoms. The first-order chi connectivity index (χ1) is 8.09. The highest BCUT2D eigenvalue weighted by Crippen LogP contribution is 2.46. The Kier molecular flexibility index (Phi) is 2.05. The van der Waals surface area contributed by atoms with Crippen molar-refractivity contribution in [2.45, 2.75) is 26.3 Å². The molecule has 2 aromatic rings. The van der Waals surface area contributed by atoms with Crippen molar-refractivity contribution in [2.75, 3.05) is 5.73 Å². The highest BCUT2D eigenvalue weighted by Gasteiger charge is 2.38. The van der Waals surface area contributed by atoms with Gasteiger partial charge in [0, 0.05) is 11.9 Å². The van der Waals surface area contributed by atoms with Crippen LogP contribution in [0.2, 0.25) is 0 Å². The number of fused-ring (bicyclic) bond motifs is 1. The van der Waals surface area contributed by atoms with Gasteiger partial charge in [0.05, 0.1) is 0 Å². The van der Waals surface area contributed by atoms with E-state index in [-0.39, 0.29) is 11.0 Å². The van der Waals surface area contributed by atoms with Crippen molar-refractivity contribution in [3.05, 3.63) is 40.7 Å². The van der Waals surface area contributed by atoms with Crippen LogP contribution in [0.5, 0.6) is 0 Å². The minimum absolute atomic E-state index is 0.0359. The van der Waals surface area contributed by atoms with E-state index in [0.717, 1.165) is 17.3 Å². The Morgan fingerprint density at radius 2 is 2.06 bits per heavy atom. The zero-order valence-electron chi connectivity index (χ0n) is 9.94. The molecule has 1 aliphatic carbocycles. The molecule has 1 aromatic heterocycles. The fourth-order valence-corrected chi connectivity index (χ4v) is 2.23. The van der Waals surface area contributed by atoms with E-state index in [2.05, 4.69) is 6.92 Å². The van der Waals surface area contributed by atoms with Gasteiger partial charge in [0.1, 0.15) is 5.82 Å². The third-order valence-electron chi connectivity index (χ3n) is 3.69. The number of nitrogens with two attached hydrogens (primary N) is 1. The smallest absolute Gasteiger partial charge is 0.259 e. The predicted molar refractivity (Wildman–Crippen MR) is 70.0 cm³/mol. The van der Waals surface area contributed by atoms with Crippen LogP contribution in [0, 0.1) is 5.41 Å². The third-order valence-corrected chi connectivity index (χ3v) is 3.69. The average molecular weight is 228 g/mol. The summed E-state index contributed by atoms with van der Waals surface area (Å²) in [4.78, 5) is 12.3. The number of benzene rings is 1. The molecular formula is C14H16N2O. The fraction of sp³-hybridized carbons (Fsp3) is 0.357. The molecule has 1 fully saturated rings. The summed E-state index contributed by atoms with van der Waals surface area (Å²) in [7, 11) is 0. The lowest BCUT2D eigenvalue weighted by molar-refractivity contribution is 0.461. The second kappa shape index (κ2) is 3.36. The number of aromatic nitrogens is 1. The fourth-order valence-electron chi connectivity index (χ4n) is 2.23. The van der Waals surface area contributed by atoms with Gasteiger partial charge in [-0.2, -0.15) is 0 Å². The zero-order chi connectivity index (χ0) is 12.0. The molecule has 0 atom stereocenters. The van der Waals surface area contributed by atoms with Crippen LogP contribution in [0.4, 0.5) is 5.82 Å². The third kappa shape index (κ3) is 1.71. The number of hydrogen-bond acceptors (Lipinski definition) is 2. The molecule has 17 heavy (non-hydrogen) atoms. The summed E-state index contributed by atoms with van der Waals surface area (Å²) in [6, 6.07) is 9.50. The quantitative estimate of drug-likeness (QED) is 0.857. The number of anilines is 1. The van der Waals surface area contributed by atoms with Crippen LogP contribution in [-0.4, -0.2) is 4.57 Å². The maximum absolute atomic E-state index is 12.3. The molecule has 88 valence electrons. The lowest BCUT2D eigenvalue weighted by Crippen LogP contribution is -2.26. The van der Waals surface area contributed by atoms with Gasteiger partial charge in [-0.25, -0.2) is 0 Å². The standard InChI is InChI=1S/C14H16N2O/c1-14(6-7-14)9-16-12(15)8-10-4-2-3-5-11(10)13(16)17/h2-5,8H,6-7,9,15H2,1H3. The van der Waals surface area contributed by atoms with Crippen molar-refractivity contribution in [3.8, 4) is 0 Å². The molecule has 1 aromatic carbocycles. The number of nitrogen functional groups attached to an aromatic ring is 1. The van der Waals surface area contributed by atoms with Gasteiger partial charge in [0.15, 0.2) is 0 Å². The molecule has 0 aliphatic heterocycles. The van der Waals surface area contributed by atoms with Crippen LogP contribution in [0.3, 0.4) is 0 Å². The van der Waals surface area contributed by atoms with Gasteiger partial charge in [0.2, 0.25) is 0 Å². The molecule has 1 aliphatic rings. The first-order valence-corrected chi connectivity index (χ1v) is 5.97. The van der Waals surface area contributed by atoms with Crippen molar-refractivity contribution in [1.29, 1.82) is 0 Å². The van der Waals surface area contributed by atoms with Crippen molar-refractivity contribution in [3.63, 3.8) is 0 Å². The summed E-state index contributed by atoms with van der Waals surface area (Å²) in [6.45, 7) is 2.94. The van der Waals surface area contributed by atoms with Crippen LogP contribution in [0.1, 0.15) is 19.8 Å². The normalized spacial score (nSPS) is 17.2. The van der Waals surface area contributed by atoms with Crippen LogP contribution < -0.4 is 11.3 Å². The van der Waals surface area contributed by atoms with Crippen LogP contribution in [-0.2, 0) is 6.54 Å². The monoisotopic (exact) mass is 228 g/mol. The first-order valence-electron chi connectivity index (χ1n) is 5.97. The maximum Gasteiger partial charge on any atom is 0.259 e. The van der Waals surface area contributed by atoms with Gasteiger partial charge >= 0.3 is 0 Å². The van der Waals surface area contributed by atoms with Crippen molar-refractivity contribution >= 4 is 16.6 Å². The summed E-state index contributed by atoms with van der Waals surface area (Å²) in [5.41, 5.74) is 6.30. The Morgan fingerprint density at radius 1 is 1.35 bits per heavy atom. The van der Waals surface area contributed by atoms with E-state index in [4.69, 9.17) is 5.73 Å². The number of rotatable bonds is 2. The molecular weight excluding hydrogens is 212 g/mol. The number of nitrogens with zero attached hydrogens (tertiary/aromatic N) is 1. The van der Waals surface area contributed by atoms with E-state index in [1.165, 1.54) is 12.8 Å². The Hall–Kier alpha value is -1.77. The molecule has 1 heterocycles. The topological polar surface area (TPSA) is 48.0 Å². The van der Waals surface area contributed by atoms with E-state index < -0.39 is 0 Å². The van der Waals surface area contributed by atoms with Crippen LogP contribution in [0.25, 0.3) is 10.8 Å². The molecule has 0 bridgehead atoms. The molecule has 3 rings (SSSR count). The Bertz CT molecular complexity index is 638. The molecule has 3 nitrogen and oxygen atoms in total. The summed E-state index contributed by atoms with van der Waals surface area (Å²) < 4.78 is 1.72. The van der Waals surface area contributed by atoms with Gasteiger partial charge in [0.25, 0.3) is 5.56 Å². The molecule has 0 amide bonds. The maximum atomic E-state index is 12.3. The van der Waals surface area contributed by atoms with Crippen molar-refractivity contribution < 1.29 is 0 Å². The first kappa shape index (κ1) is 10.4.